The second-order valence-corrected chi connectivity index (χ2v) is 4.99. The van der Waals surface area contributed by atoms with Gasteiger partial charge < -0.3 is 10.6 Å². The van der Waals surface area contributed by atoms with Gasteiger partial charge in [-0.3, -0.25) is 4.57 Å². The average molecular weight is 271 g/mol. The molecule has 0 aliphatic carbocycles. The Morgan fingerprint density at radius 2 is 2.20 bits per heavy atom. The fraction of sp³-hybridized carbons (Fsp3) is 0.467. The molecular formula is C15H21N5. The number of nitrogens with zero attached hydrogens (tertiary/aromatic N) is 3. The van der Waals surface area contributed by atoms with Crippen LogP contribution < -0.4 is 10.6 Å². The van der Waals surface area contributed by atoms with Crippen LogP contribution in [0.2, 0.25) is 0 Å². The van der Waals surface area contributed by atoms with E-state index in [4.69, 9.17) is 0 Å². The lowest BCUT2D eigenvalue weighted by molar-refractivity contribution is 0.643. The molecular weight excluding hydrogens is 250 g/mol. The van der Waals surface area contributed by atoms with Crippen molar-refractivity contribution < 1.29 is 0 Å². The van der Waals surface area contributed by atoms with Gasteiger partial charge in [0, 0.05) is 25.2 Å². The maximum absolute atomic E-state index is 4.41. The Morgan fingerprint density at radius 1 is 1.30 bits per heavy atom. The van der Waals surface area contributed by atoms with E-state index in [2.05, 4.69) is 57.4 Å². The largest absolute Gasteiger partial charge is 0.355 e. The molecule has 5 nitrogen and oxygen atoms in total. The highest BCUT2D eigenvalue weighted by Crippen LogP contribution is 2.28. The van der Waals surface area contributed by atoms with E-state index in [-0.39, 0.29) is 0 Å². The normalized spacial score (nSPS) is 14.1. The van der Waals surface area contributed by atoms with Gasteiger partial charge in [-0.2, -0.15) is 0 Å². The molecule has 2 aromatic rings. The first-order chi connectivity index (χ1) is 9.85. The van der Waals surface area contributed by atoms with Crippen molar-refractivity contribution in [3.63, 3.8) is 0 Å². The molecule has 0 fully saturated rings. The van der Waals surface area contributed by atoms with Crippen molar-refractivity contribution in [3.05, 3.63) is 29.3 Å². The van der Waals surface area contributed by atoms with Crippen molar-refractivity contribution >= 4 is 5.95 Å². The summed E-state index contributed by atoms with van der Waals surface area (Å²) < 4.78 is 2.15. The van der Waals surface area contributed by atoms with Gasteiger partial charge in [-0.1, -0.05) is 18.2 Å². The first-order valence-corrected chi connectivity index (χ1v) is 7.34. The monoisotopic (exact) mass is 271 g/mol. The van der Waals surface area contributed by atoms with Gasteiger partial charge in [0.15, 0.2) is 5.82 Å². The minimum Gasteiger partial charge on any atom is -0.355 e. The molecule has 0 saturated carbocycles. The number of aromatic nitrogens is 3. The summed E-state index contributed by atoms with van der Waals surface area (Å²) >= 11 is 0. The summed E-state index contributed by atoms with van der Waals surface area (Å²) in [5.41, 5.74) is 4.02. The minimum absolute atomic E-state index is 0.856. The summed E-state index contributed by atoms with van der Waals surface area (Å²) in [6, 6.07) is 6.47. The fourth-order valence-electron chi connectivity index (χ4n) is 2.83. The summed E-state index contributed by atoms with van der Waals surface area (Å²) in [4.78, 5) is 0. The van der Waals surface area contributed by atoms with Crippen molar-refractivity contribution in [1.29, 1.82) is 0 Å². The minimum atomic E-state index is 0.856. The van der Waals surface area contributed by atoms with E-state index in [1.807, 2.05) is 0 Å². The fourth-order valence-corrected chi connectivity index (χ4v) is 2.83. The van der Waals surface area contributed by atoms with Crippen LogP contribution in [0.4, 0.5) is 5.95 Å². The van der Waals surface area contributed by atoms with Gasteiger partial charge in [0.05, 0.1) is 0 Å². The van der Waals surface area contributed by atoms with E-state index < -0.39 is 0 Å². The van der Waals surface area contributed by atoms with Crippen LogP contribution in [-0.4, -0.2) is 27.9 Å². The molecule has 0 unspecified atom stereocenters. The van der Waals surface area contributed by atoms with E-state index in [9.17, 15) is 0 Å². The molecule has 1 aliphatic heterocycles. The zero-order valence-corrected chi connectivity index (χ0v) is 12.1. The summed E-state index contributed by atoms with van der Waals surface area (Å²) in [6.45, 7) is 7.91. The molecule has 2 heterocycles. The molecule has 0 spiro atoms. The lowest BCUT2D eigenvalue weighted by Gasteiger charge is -2.20. The lowest BCUT2D eigenvalue weighted by Crippen LogP contribution is -2.24. The van der Waals surface area contributed by atoms with Crippen LogP contribution in [0.15, 0.2) is 18.2 Å². The average Bonchev–Trinajstić information content (AvgIpc) is 2.89. The van der Waals surface area contributed by atoms with Gasteiger partial charge in [-0.25, -0.2) is 0 Å². The third-order valence-electron chi connectivity index (χ3n) is 3.78. The predicted octanol–water partition coefficient (Wildman–Crippen LogP) is 2.04. The van der Waals surface area contributed by atoms with Crippen molar-refractivity contribution in [2.45, 2.75) is 33.4 Å². The van der Waals surface area contributed by atoms with Gasteiger partial charge in [-0.15, -0.1) is 10.2 Å². The smallest absolute Gasteiger partial charge is 0.224 e. The van der Waals surface area contributed by atoms with Crippen LogP contribution in [0.3, 0.4) is 0 Å². The first kappa shape index (κ1) is 13.1. The Balaban J connectivity index is 2.09. The second-order valence-electron chi connectivity index (χ2n) is 4.99. The van der Waals surface area contributed by atoms with Crippen molar-refractivity contribution in [2.75, 3.05) is 18.4 Å². The number of anilines is 1. The molecule has 5 heteroatoms. The van der Waals surface area contributed by atoms with Gasteiger partial charge >= 0.3 is 0 Å². The Labute approximate surface area is 119 Å². The molecule has 3 rings (SSSR count). The third-order valence-corrected chi connectivity index (χ3v) is 3.78. The zero-order chi connectivity index (χ0) is 13.9. The van der Waals surface area contributed by atoms with Crippen LogP contribution in [0, 0.1) is 0 Å². The highest BCUT2D eigenvalue weighted by Gasteiger charge is 2.18. The third kappa shape index (κ3) is 2.18. The summed E-state index contributed by atoms with van der Waals surface area (Å²) in [6.07, 6.45) is 1.05. The number of benzene rings is 1. The molecule has 0 radical (unpaired) electrons. The number of nitrogens with one attached hydrogen (secondary N) is 2. The molecule has 1 aromatic heterocycles. The summed E-state index contributed by atoms with van der Waals surface area (Å²) in [5, 5.41) is 15.4. The van der Waals surface area contributed by atoms with Crippen molar-refractivity contribution in [1.82, 2.24) is 20.1 Å². The van der Waals surface area contributed by atoms with E-state index >= 15 is 0 Å². The molecule has 1 aliphatic rings. The van der Waals surface area contributed by atoms with Gasteiger partial charge in [0.25, 0.3) is 0 Å². The van der Waals surface area contributed by atoms with Crippen LogP contribution in [-0.2, 0) is 19.5 Å². The molecule has 0 bridgehead atoms. The topological polar surface area (TPSA) is 54.8 Å². The highest BCUT2D eigenvalue weighted by molar-refractivity contribution is 5.64. The molecule has 0 saturated heterocycles. The Hall–Kier alpha value is -1.88. The molecule has 0 atom stereocenters. The quantitative estimate of drug-likeness (QED) is 0.893. The molecule has 20 heavy (non-hydrogen) atoms. The Bertz CT molecular complexity index is 602. The van der Waals surface area contributed by atoms with Gasteiger partial charge in [0.1, 0.15) is 0 Å². The second kappa shape index (κ2) is 5.63. The summed E-state index contributed by atoms with van der Waals surface area (Å²) in [5.74, 6) is 1.83. The predicted molar refractivity (Wildman–Crippen MR) is 80.7 cm³/mol. The van der Waals surface area contributed by atoms with E-state index in [1.165, 1.54) is 16.7 Å². The lowest BCUT2D eigenvalue weighted by atomic mass is 9.95. The standard InChI is InChI=1S/C15H21N5/c1-3-17-15-19-18-14(20(15)4-2)13-7-5-6-11-10-16-9-8-12(11)13/h5-7,16H,3-4,8-10H2,1-2H3,(H,17,19). The summed E-state index contributed by atoms with van der Waals surface area (Å²) in [7, 11) is 0. The van der Waals surface area contributed by atoms with E-state index in [1.54, 1.807) is 0 Å². The Kier molecular flexibility index (Phi) is 3.69. The molecule has 0 amide bonds. The number of hydrogen-bond acceptors (Lipinski definition) is 4. The van der Waals surface area contributed by atoms with E-state index in [0.717, 1.165) is 44.4 Å². The van der Waals surface area contributed by atoms with Crippen LogP contribution in [0.1, 0.15) is 25.0 Å². The highest BCUT2D eigenvalue weighted by atomic mass is 15.3. The maximum Gasteiger partial charge on any atom is 0.224 e. The number of rotatable bonds is 4. The molecule has 106 valence electrons. The molecule has 1 aromatic carbocycles. The number of fused-ring (bicyclic) bond motifs is 1. The van der Waals surface area contributed by atoms with Crippen LogP contribution in [0.5, 0.6) is 0 Å². The van der Waals surface area contributed by atoms with Crippen LogP contribution in [0.25, 0.3) is 11.4 Å². The SMILES string of the molecule is CCNc1nnc(-c2cccc3c2CCNC3)n1CC. The Morgan fingerprint density at radius 3 is 3.00 bits per heavy atom. The number of hydrogen-bond donors (Lipinski definition) is 2. The van der Waals surface area contributed by atoms with Crippen LogP contribution >= 0.6 is 0 Å². The van der Waals surface area contributed by atoms with Crippen molar-refractivity contribution in [2.24, 2.45) is 0 Å². The van der Waals surface area contributed by atoms with Crippen molar-refractivity contribution in [3.8, 4) is 11.4 Å². The maximum atomic E-state index is 4.41. The van der Waals surface area contributed by atoms with E-state index in [0.29, 0.717) is 0 Å². The van der Waals surface area contributed by atoms with Gasteiger partial charge in [0.2, 0.25) is 5.95 Å². The first-order valence-electron chi connectivity index (χ1n) is 7.34. The van der Waals surface area contributed by atoms with Gasteiger partial charge in [-0.05, 0) is 37.9 Å². The zero-order valence-electron chi connectivity index (χ0n) is 12.1. The molecule has 2 N–H and O–H groups in total.